The summed E-state index contributed by atoms with van der Waals surface area (Å²) in [7, 11) is 0. The molecule has 1 aromatic carbocycles. The number of hydrogen-bond acceptors (Lipinski definition) is 5. The zero-order chi connectivity index (χ0) is 18.6. The van der Waals surface area contributed by atoms with Crippen LogP contribution in [0.3, 0.4) is 0 Å². The van der Waals surface area contributed by atoms with Crippen LogP contribution in [-0.2, 0) is 11.3 Å². The van der Waals surface area contributed by atoms with Crippen LogP contribution in [0, 0.1) is 12.8 Å². The van der Waals surface area contributed by atoms with Gasteiger partial charge in [-0.1, -0.05) is 35.5 Å². The Kier molecular flexibility index (Phi) is 5.53. The predicted octanol–water partition coefficient (Wildman–Crippen LogP) is 3.00. The molecule has 0 radical (unpaired) electrons. The first kappa shape index (κ1) is 18.2. The van der Waals surface area contributed by atoms with Gasteiger partial charge in [0.15, 0.2) is 5.82 Å². The third kappa shape index (κ3) is 4.38. The lowest BCUT2D eigenvalue weighted by Crippen LogP contribution is -2.45. The minimum Gasteiger partial charge on any atom is -0.342 e. The largest absolute Gasteiger partial charge is 0.342 e. The Balaban J connectivity index is 1.30. The molecule has 1 amide bonds. The molecule has 0 N–H and O–H groups in total. The highest BCUT2D eigenvalue weighted by atomic mass is 16.5. The molecule has 2 aliphatic heterocycles. The molecule has 6 nitrogen and oxygen atoms in total. The fourth-order valence-corrected chi connectivity index (χ4v) is 4.30. The first-order valence-corrected chi connectivity index (χ1v) is 10.0. The molecule has 144 valence electrons. The molecule has 2 saturated heterocycles. The van der Waals surface area contributed by atoms with Gasteiger partial charge in [-0.3, -0.25) is 9.69 Å². The van der Waals surface area contributed by atoms with Crippen molar-refractivity contribution in [2.75, 3.05) is 26.2 Å². The molecule has 4 rings (SSSR count). The van der Waals surface area contributed by atoms with Crippen LogP contribution in [-0.4, -0.2) is 52.0 Å². The third-order valence-electron chi connectivity index (χ3n) is 5.81. The number of carbonyl (C=O) groups is 1. The maximum atomic E-state index is 13.0. The summed E-state index contributed by atoms with van der Waals surface area (Å²) in [5.41, 5.74) is 1.34. The number of piperidine rings is 2. The number of benzene rings is 1. The number of aryl methyl sites for hydroxylation is 1. The zero-order valence-electron chi connectivity index (χ0n) is 16.0. The molecule has 0 aliphatic carbocycles. The lowest BCUT2D eigenvalue weighted by molar-refractivity contribution is -0.138. The molecule has 0 bridgehead atoms. The Bertz CT molecular complexity index is 753. The molecule has 1 unspecified atom stereocenters. The molecule has 2 aromatic rings. The number of aromatic nitrogens is 2. The van der Waals surface area contributed by atoms with E-state index in [1.807, 2.05) is 11.8 Å². The van der Waals surface area contributed by atoms with Crippen LogP contribution in [0.5, 0.6) is 0 Å². The van der Waals surface area contributed by atoms with E-state index in [2.05, 4.69) is 45.4 Å². The van der Waals surface area contributed by atoms with Gasteiger partial charge in [0.25, 0.3) is 0 Å². The average molecular weight is 368 g/mol. The highest BCUT2D eigenvalue weighted by molar-refractivity contribution is 5.79. The van der Waals surface area contributed by atoms with Crippen LogP contribution in [0.15, 0.2) is 34.9 Å². The van der Waals surface area contributed by atoms with Gasteiger partial charge in [0, 0.05) is 25.6 Å². The SMILES string of the molecule is Cc1noc(C2CCCN(C(=O)C3CCN(Cc4ccccc4)CC3)C2)n1. The van der Waals surface area contributed by atoms with Gasteiger partial charge in [0.2, 0.25) is 11.8 Å². The van der Waals surface area contributed by atoms with E-state index in [1.54, 1.807) is 0 Å². The Morgan fingerprint density at radius 1 is 1.15 bits per heavy atom. The van der Waals surface area contributed by atoms with Gasteiger partial charge in [0.1, 0.15) is 0 Å². The first-order chi connectivity index (χ1) is 13.2. The third-order valence-corrected chi connectivity index (χ3v) is 5.81. The van der Waals surface area contributed by atoms with Crippen LogP contribution in [0.4, 0.5) is 0 Å². The molecule has 6 heteroatoms. The highest BCUT2D eigenvalue weighted by Crippen LogP contribution is 2.28. The Labute approximate surface area is 160 Å². The van der Waals surface area contributed by atoms with E-state index in [0.717, 1.165) is 51.9 Å². The number of rotatable bonds is 4. The summed E-state index contributed by atoms with van der Waals surface area (Å²) in [6, 6.07) is 10.6. The van der Waals surface area contributed by atoms with Crippen molar-refractivity contribution in [2.24, 2.45) is 5.92 Å². The molecule has 1 aromatic heterocycles. The summed E-state index contributed by atoms with van der Waals surface area (Å²) in [6.45, 7) is 6.36. The summed E-state index contributed by atoms with van der Waals surface area (Å²) in [5, 5.41) is 3.90. The van der Waals surface area contributed by atoms with Gasteiger partial charge >= 0.3 is 0 Å². The second-order valence-electron chi connectivity index (χ2n) is 7.84. The summed E-state index contributed by atoms with van der Waals surface area (Å²) >= 11 is 0. The normalized spacial score (nSPS) is 22.1. The molecule has 2 aliphatic rings. The summed E-state index contributed by atoms with van der Waals surface area (Å²) in [5.74, 6) is 2.00. The van der Waals surface area contributed by atoms with Crippen LogP contribution in [0.25, 0.3) is 0 Å². The van der Waals surface area contributed by atoms with Crippen molar-refractivity contribution >= 4 is 5.91 Å². The van der Waals surface area contributed by atoms with Crippen LogP contribution >= 0.6 is 0 Å². The van der Waals surface area contributed by atoms with Gasteiger partial charge in [-0.25, -0.2) is 0 Å². The monoisotopic (exact) mass is 368 g/mol. The zero-order valence-corrected chi connectivity index (χ0v) is 16.0. The van der Waals surface area contributed by atoms with E-state index in [1.165, 1.54) is 5.56 Å². The Morgan fingerprint density at radius 3 is 2.63 bits per heavy atom. The van der Waals surface area contributed by atoms with Crippen molar-refractivity contribution in [1.82, 2.24) is 19.9 Å². The van der Waals surface area contributed by atoms with Crippen molar-refractivity contribution in [3.8, 4) is 0 Å². The fourth-order valence-electron chi connectivity index (χ4n) is 4.30. The van der Waals surface area contributed by atoms with Gasteiger partial charge in [-0.2, -0.15) is 4.98 Å². The van der Waals surface area contributed by atoms with Crippen LogP contribution in [0.2, 0.25) is 0 Å². The summed E-state index contributed by atoms with van der Waals surface area (Å²) in [6.07, 6.45) is 3.92. The number of hydrogen-bond donors (Lipinski definition) is 0. The smallest absolute Gasteiger partial charge is 0.231 e. The molecular formula is C21H28N4O2. The molecule has 0 spiro atoms. The second kappa shape index (κ2) is 8.21. The number of likely N-dealkylation sites (tertiary alicyclic amines) is 2. The number of nitrogens with zero attached hydrogens (tertiary/aromatic N) is 4. The molecule has 0 saturated carbocycles. The molecular weight excluding hydrogens is 340 g/mol. The van der Waals surface area contributed by atoms with Crippen molar-refractivity contribution in [1.29, 1.82) is 0 Å². The predicted molar refractivity (Wildman–Crippen MR) is 102 cm³/mol. The standard InChI is InChI=1S/C21H28N4O2/c1-16-22-20(27-23-16)19-8-5-11-25(15-19)21(26)18-9-12-24(13-10-18)14-17-6-3-2-4-7-17/h2-4,6-7,18-19H,5,8-15H2,1H3. The lowest BCUT2D eigenvalue weighted by Gasteiger charge is -2.37. The lowest BCUT2D eigenvalue weighted by atomic mass is 9.92. The van der Waals surface area contributed by atoms with Gasteiger partial charge in [-0.05, 0) is 51.3 Å². The summed E-state index contributed by atoms with van der Waals surface area (Å²) < 4.78 is 5.34. The van der Waals surface area contributed by atoms with E-state index in [0.29, 0.717) is 24.2 Å². The van der Waals surface area contributed by atoms with Gasteiger partial charge in [0.05, 0.1) is 5.92 Å². The molecule has 27 heavy (non-hydrogen) atoms. The van der Waals surface area contributed by atoms with Gasteiger partial charge in [-0.15, -0.1) is 0 Å². The number of carbonyl (C=O) groups excluding carboxylic acids is 1. The maximum absolute atomic E-state index is 13.0. The van der Waals surface area contributed by atoms with Crippen molar-refractivity contribution in [3.63, 3.8) is 0 Å². The quantitative estimate of drug-likeness (QED) is 0.830. The van der Waals surface area contributed by atoms with E-state index < -0.39 is 0 Å². The van der Waals surface area contributed by atoms with E-state index in [4.69, 9.17) is 4.52 Å². The minimum absolute atomic E-state index is 0.153. The molecule has 2 fully saturated rings. The van der Waals surface area contributed by atoms with Crippen LogP contribution in [0.1, 0.15) is 48.9 Å². The Morgan fingerprint density at radius 2 is 1.93 bits per heavy atom. The summed E-state index contributed by atoms with van der Waals surface area (Å²) in [4.78, 5) is 21.9. The van der Waals surface area contributed by atoms with E-state index in [-0.39, 0.29) is 11.8 Å². The minimum atomic E-state index is 0.153. The fraction of sp³-hybridized carbons (Fsp3) is 0.571. The second-order valence-corrected chi connectivity index (χ2v) is 7.84. The number of amides is 1. The average Bonchev–Trinajstić information content (AvgIpc) is 3.15. The highest BCUT2D eigenvalue weighted by Gasteiger charge is 2.33. The molecule has 3 heterocycles. The van der Waals surface area contributed by atoms with Crippen molar-refractivity contribution in [2.45, 2.75) is 45.1 Å². The van der Waals surface area contributed by atoms with Crippen molar-refractivity contribution < 1.29 is 9.32 Å². The van der Waals surface area contributed by atoms with E-state index in [9.17, 15) is 4.79 Å². The van der Waals surface area contributed by atoms with Crippen molar-refractivity contribution in [3.05, 3.63) is 47.6 Å². The molecule has 1 atom stereocenters. The van der Waals surface area contributed by atoms with Crippen LogP contribution < -0.4 is 0 Å². The Hall–Kier alpha value is -2.21. The van der Waals surface area contributed by atoms with Gasteiger partial charge < -0.3 is 9.42 Å². The topological polar surface area (TPSA) is 62.5 Å². The first-order valence-electron chi connectivity index (χ1n) is 10.0. The van der Waals surface area contributed by atoms with E-state index >= 15 is 0 Å². The maximum Gasteiger partial charge on any atom is 0.231 e.